The highest BCUT2D eigenvalue weighted by molar-refractivity contribution is 5.39. The molecule has 1 heterocycles. The van der Waals surface area contributed by atoms with Gasteiger partial charge in [-0.2, -0.15) is 0 Å². The van der Waals surface area contributed by atoms with Gasteiger partial charge in [0.15, 0.2) is 0 Å². The first-order valence-electron chi connectivity index (χ1n) is 7.17. The number of nitrogens with one attached hydrogen (secondary N) is 1. The van der Waals surface area contributed by atoms with Crippen LogP contribution in [0.1, 0.15) is 39.7 Å². The molecule has 20 heavy (non-hydrogen) atoms. The zero-order chi connectivity index (χ0) is 14.9. The normalized spacial score (nSPS) is 12.7. The predicted molar refractivity (Wildman–Crippen MR) is 84.2 cm³/mol. The van der Waals surface area contributed by atoms with Crippen molar-refractivity contribution in [1.82, 2.24) is 14.9 Å². The molecule has 108 valence electrons. The van der Waals surface area contributed by atoms with Gasteiger partial charge in [-0.05, 0) is 58.4 Å². The van der Waals surface area contributed by atoms with Crippen LogP contribution >= 0.6 is 0 Å². The maximum absolute atomic E-state index is 4.39. The van der Waals surface area contributed by atoms with Gasteiger partial charge in [0.25, 0.3) is 0 Å². The molecule has 0 saturated heterocycles. The lowest BCUT2D eigenvalue weighted by atomic mass is 9.94. The van der Waals surface area contributed by atoms with E-state index in [1.54, 1.807) is 0 Å². The summed E-state index contributed by atoms with van der Waals surface area (Å²) in [6.45, 7) is 11.7. The lowest BCUT2D eigenvalue weighted by Gasteiger charge is -2.23. The van der Waals surface area contributed by atoms with Crippen LogP contribution in [0.5, 0.6) is 0 Å². The summed E-state index contributed by atoms with van der Waals surface area (Å²) in [6, 6.07) is 4.83. The van der Waals surface area contributed by atoms with Gasteiger partial charge in [0, 0.05) is 12.2 Å². The predicted octanol–water partition coefficient (Wildman–Crippen LogP) is 3.39. The van der Waals surface area contributed by atoms with E-state index >= 15 is 0 Å². The Balaban J connectivity index is 2.36. The molecule has 1 aromatic heterocycles. The summed E-state index contributed by atoms with van der Waals surface area (Å²) in [6.07, 6.45) is 1.94. The van der Waals surface area contributed by atoms with Crippen molar-refractivity contribution in [3.8, 4) is 0 Å². The third-order valence-corrected chi connectivity index (χ3v) is 4.16. The molecule has 1 unspecified atom stereocenters. The highest BCUT2D eigenvalue weighted by Gasteiger charge is 2.16. The van der Waals surface area contributed by atoms with Gasteiger partial charge in [-0.3, -0.25) is 0 Å². The summed E-state index contributed by atoms with van der Waals surface area (Å²) < 4.78 is 2.23. The van der Waals surface area contributed by atoms with Crippen LogP contribution in [0.3, 0.4) is 0 Å². The van der Waals surface area contributed by atoms with E-state index in [0.717, 1.165) is 12.2 Å². The first-order valence-corrected chi connectivity index (χ1v) is 7.17. The van der Waals surface area contributed by atoms with E-state index < -0.39 is 0 Å². The average Bonchev–Trinajstić information content (AvgIpc) is 2.68. The second kappa shape index (κ2) is 5.80. The lowest BCUT2D eigenvalue weighted by Crippen LogP contribution is -2.24. The van der Waals surface area contributed by atoms with Crippen LogP contribution < -0.4 is 5.32 Å². The van der Waals surface area contributed by atoms with Crippen molar-refractivity contribution in [3.05, 3.63) is 52.1 Å². The molecule has 0 bridgehead atoms. The van der Waals surface area contributed by atoms with Gasteiger partial charge in [0.2, 0.25) is 0 Å². The Kier molecular flexibility index (Phi) is 4.29. The van der Waals surface area contributed by atoms with Crippen molar-refractivity contribution < 1.29 is 0 Å². The Hall–Kier alpha value is -1.61. The van der Waals surface area contributed by atoms with Gasteiger partial charge in [-0.1, -0.05) is 17.7 Å². The van der Waals surface area contributed by atoms with Gasteiger partial charge >= 0.3 is 0 Å². The fraction of sp³-hybridized carbons (Fsp3) is 0.471. The molecule has 0 spiro atoms. The Labute approximate surface area is 122 Å². The summed E-state index contributed by atoms with van der Waals surface area (Å²) in [5, 5.41) is 3.46. The maximum atomic E-state index is 4.39. The summed E-state index contributed by atoms with van der Waals surface area (Å²) >= 11 is 0. The van der Waals surface area contributed by atoms with Gasteiger partial charge in [-0.15, -0.1) is 0 Å². The molecule has 0 amide bonds. The maximum Gasteiger partial charge on any atom is 0.0952 e. The number of imidazole rings is 1. The van der Waals surface area contributed by atoms with E-state index in [4.69, 9.17) is 0 Å². The van der Waals surface area contributed by atoms with Crippen LogP contribution in [0.15, 0.2) is 18.5 Å². The van der Waals surface area contributed by atoms with Crippen LogP contribution in [0.2, 0.25) is 0 Å². The van der Waals surface area contributed by atoms with Crippen molar-refractivity contribution >= 4 is 0 Å². The van der Waals surface area contributed by atoms with E-state index in [2.05, 4.69) is 61.6 Å². The number of hydrogen-bond acceptors (Lipinski definition) is 2. The molecule has 0 aliphatic rings. The molecular formula is C17H25N3. The molecule has 2 rings (SSSR count). The van der Waals surface area contributed by atoms with E-state index in [1.807, 2.05) is 13.4 Å². The van der Waals surface area contributed by atoms with Crippen LogP contribution in [0, 0.1) is 34.6 Å². The number of likely N-dealkylation sites (N-methyl/N-ethyl adjacent to an activating group) is 1. The summed E-state index contributed by atoms with van der Waals surface area (Å²) in [5.74, 6) is 0. The average molecular weight is 271 g/mol. The summed E-state index contributed by atoms with van der Waals surface area (Å²) in [7, 11) is 2.03. The third-order valence-electron chi connectivity index (χ3n) is 4.16. The minimum atomic E-state index is 0.308. The van der Waals surface area contributed by atoms with Crippen molar-refractivity contribution in [2.45, 2.75) is 47.2 Å². The van der Waals surface area contributed by atoms with Gasteiger partial charge in [0.1, 0.15) is 0 Å². The lowest BCUT2D eigenvalue weighted by molar-refractivity contribution is 0.490. The highest BCUT2D eigenvalue weighted by Crippen LogP contribution is 2.25. The number of aryl methyl sites for hydroxylation is 4. The Bertz CT molecular complexity index is 588. The van der Waals surface area contributed by atoms with Crippen molar-refractivity contribution in [2.75, 3.05) is 7.05 Å². The van der Waals surface area contributed by atoms with Crippen LogP contribution in [-0.4, -0.2) is 16.6 Å². The number of benzene rings is 1. The van der Waals surface area contributed by atoms with E-state index in [1.165, 1.54) is 27.9 Å². The number of nitrogens with zero attached hydrogens (tertiary/aromatic N) is 2. The molecule has 0 radical (unpaired) electrons. The fourth-order valence-electron chi connectivity index (χ4n) is 2.99. The molecule has 0 aliphatic carbocycles. The largest absolute Gasteiger partial charge is 0.333 e. The molecular weight excluding hydrogens is 246 g/mol. The monoisotopic (exact) mass is 271 g/mol. The first-order chi connectivity index (χ1) is 9.43. The third kappa shape index (κ3) is 2.78. The van der Waals surface area contributed by atoms with E-state index in [9.17, 15) is 0 Å². The zero-order valence-corrected chi connectivity index (χ0v) is 13.4. The van der Waals surface area contributed by atoms with Gasteiger partial charge < -0.3 is 9.88 Å². The molecule has 2 aromatic rings. The Morgan fingerprint density at radius 3 is 2.15 bits per heavy atom. The number of rotatable bonds is 4. The Morgan fingerprint density at radius 1 is 1.10 bits per heavy atom. The zero-order valence-electron chi connectivity index (χ0n) is 13.4. The van der Waals surface area contributed by atoms with Crippen LogP contribution in [0.25, 0.3) is 0 Å². The molecule has 0 fully saturated rings. The van der Waals surface area contributed by atoms with Crippen LogP contribution in [-0.2, 0) is 6.54 Å². The minimum Gasteiger partial charge on any atom is -0.333 e. The first kappa shape index (κ1) is 14.8. The topological polar surface area (TPSA) is 29.9 Å². The van der Waals surface area contributed by atoms with Crippen molar-refractivity contribution in [2.24, 2.45) is 0 Å². The second-order valence-corrected chi connectivity index (χ2v) is 5.72. The molecule has 1 aromatic carbocycles. The smallest absolute Gasteiger partial charge is 0.0952 e. The van der Waals surface area contributed by atoms with Crippen molar-refractivity contribution in [3.63, 3.8) is 0 Å². The van der Waals surface area contributed by atoms with Gasteiger partial charge in [0.05, 0.1) is 18.1 Å². The quantitative estimate of drug-likeness (QED) is 0.924. The molecule has 3 nitrogen and oxygen atoms in total. The van der Waals surface area contributed by atoms with Gasteiger partial charge in [-0.25, -0.2) is 4.98 Å². The SMILES string of the molecule is CNC(Cn1cnc(C)c1C)c1c(C)cc(C)cc1C. The molecule has 0 aliphatic heterocycles. The highest BCUT2D eigenvalue weighted by atomic mass is 15.1. The van der Waals surface area contributed by atoms with Crippen LogP contribution in [0.4, 0.5) is 0 Å². The summed E-state index contributed by atoms with van der Waals surface area (Å²) in [5.41, 5.74) is 7.80. The van der Waals surface area contributed by atoms with E-state index in [0.29, 0.717) is 6.04 Å². The van der Waals surface area contributed by atoms with E-state index in [-0.39, 0.29) is 0 Å². The van der Waals surface area contributed by atoms with Crippen molar-refractivity contribution in [1.29, 1.82) is 0 Å². The Morgan fingerprint density at radius 2 is 1.70 bits per heavy atom. The molecule has 1 atom stereocenters. The standard InChI is InChI=1S/C17H25N3/c1-11-7-12(2)17(13(3)8-11)16(18-6)9-20-10-19-14(4)15(20)5/h7-8,10,16,18H,9H2,1-6H3. The molecule has 1 N–H and O–H groups in total. The minimum absolute atomic E-state index is 0.308. The second-order valence-electron chi connectivity index (χ2n) is 5.72. The number of aromatic nitrogens is 2. The fourth-order valence-corrected chi connectivity index (χ4v) is 2.99. The number of hydrogen-bond donors (Lipinski definition) is 1. The summed E-state index contributed by atoms with van der Waals surface area (Å²) in [4.78, 5) is 4.39. The molecule has 3 heteroatoms. The molecule has 0 saturated carbocycles.